The number of halogens is 4. The predicted octanol–water partition coefficient (Wildman–Crippen LogP) is 6.31. The van der Waals surface area contributed by atoms with Crippen molar-refractivity contribution in [1.29, 1.82) is 0 Å². The van der Waals surface area contributed by atoms with Gasteiger partial charge in [0.25, 0.3) is 0 Å². The van der Waals surface area contributed by atoms with Crippen molar-refractivity contribution in [2.45, 2.75) is 38.8 Å². The molecule has 0 unspecified atom stereocenters. The number of alkyl halides is 3. The van der Waals surface area contributed by atoms with E-state index in [1.165, 1.54) is 30.3 Å². The molecule has 0 atom stereocenters. The summed E-state index contributed by atoms with van der Waals surface area (Å²) in [6.07, 6.45) is -2.95. The quantitative estimate of drug-likeness (QED) is 0.307. The van der Waals surface area contributed by atoms with Crippen molar-refractivity contribution in [2.75, 3.05) is 6.61 Å². The van der Waals surface area contributed by atoms with Crippen LogP contribution in [-0.2, 0) is 30.2 Å². The molecule has 0 aliphatic carbocycles. The van der Waals surface area contributed by atoms with E-state index in [9.17, 15) is 22.4 Å². The molecule has 0 fully saturated rings. The van der Waals surface area contributed by atoms with Gasteiger partial charge in [-0.25, -0.2) is 4.39 Å². The Morgan fingerprint density at radius 2 is 1.78 bits per heavy atom. The number of hydrogen-bond donors (Lipinski definition) is 1. The Labute approximate surface area is 182 Å². The molecule has 0 aliphatic heterocycles. The predicted molar refractivity (Wildman–Crippen MR) is 110 cm³/mol. The largest absolute Gasteiger partial charge is 0.494 e. The first-order valence-electron chi connectivity index (χ1n) is 10.1. The Morgan fingerprint density at radius 1 is 1.06 bits per heavy atom. The zero-order valence-corrected chi connectivity index (χ0v) is 17.3. The molecular formula is C24H22F4O4. The average molecular weight is 450 g/mol. The van der Waals surface area contributed by atoms with Crippen LogP contribution in [0.3, 0.4) is 0 Å². The molecular weight excluding hydrogens is 428 g/mol. The van der Waals surface area contributed by atoms with Gasteiger partial charge >= 0.3 is 12.1 Å². The second kappa shape index (κ2) is 9.89. The van der Waals surface area contributed by atoms with Crippen LogP contribution < -0.4 is 4.74 Å². The maximum Gasteiger partial charge on any atom is 0.416 e. The zero-order valence-electron chi connectivity index (χ0n) is 17.3. The summed E-state index contributed by atoms with van der Waals surface area (Å²) in [5.41, 5.74) is 0.844. The fraction of sp³-hybridized carbons (Fsp3) is 0.292. The van der Waals surface area contributed by atoms with Crippen molar-refractivity contribution >= 4 is 5.97 Å². The van der Waals surface area contributed by atoms with E-state index in [4.69, 9.17) is 14.3 Å². The van der Waals surface area contributed by atoms with Crippen molar-refractivity contribution in [3.8, 4) is 17.1 Å². The highest BCUT2D eigenvalue weighted by Gasteiger charge is 2.30. The molecule has 2 aromatic carbocycles. The van der Waals surface area contributed by atoms with Crippen LogP contribution >= 0.6 is 0 Å². The molecule has 0 saturated carbocycles. The van der Waals surface area contributed by atoms with Gasteiger partial charge in [-0.15, -0.1) is 0 Å². The molecule has 3 aromatic rings. The molecule has 8 heteroatoms. The molecule has 32 heavy (non-hydrogen) atoms. The van der Waals surface area contributed by atoms with Gasteiger partial charge in [0.1, 0.15) is 23.1 Å². The molecule has 0 spiro atoms. The second-order valence-electron chi connectivity index (χ2n) is 7.26. The molecule has 4 nitrogen and oxygen atoms in total. The fourth-order valence-corrected chi connectivity index (χ4v) is 3.33. The number of carbonyl (C=O) groups is 1. The number of rotatable bonds is 9. The summed E-state index contributed by atoms with van der Waals surface area (Å²) in [6.45, 7) is 2.25. The van der Waals surface area contributed by atoms with Gasteiger partial charge in [-0.2, -0.15) is 13.2 Å². The number of aliphatic carboxylic acids is 1. The third-order valence-corrected chi connectivity index (χ3v) is 4.93. The van der Waals surface area contributed by atoms with Gasteiger partial charge in [-0.05, 0) is 54.8 Å². The van der Waals surface area contributed by atoms with Crippen LogP contribution in [0.2, 0.25) is 0 Å². The summed E-state index contributed by atoms with van der Waals surface area (Å²) in [5, 5.41) is 8.84. The third-order valence-electron chi connectivity index (χ3n) is 4.93. The fourth-order valence-electron chi connectivity index (χ4n) is 3.33. The highest BCUT2D eigenvalue weighted by molar-refractivity contribution is 5.70. The minimum absolute atomic E-state index is 0.0549. The van der Waals surface area contributed by atoms with Crippen molar-refractivity contribution in [3.05, 3.63) is 76.8 Å². The van der Waals surface area contributed by atoms with Crippen LogP contribution in [0.5, 0.6) is 5.75 Å². The molecule has 0 radical (unpaired) electrons. The number of carboxylic acids is 1. The van der Waals surface area contributed by atoms with Gasteiger partial charge in [-0.1, -0.05) is 19.1 Å². The smallest absolute Gasteiger partial charge is 0.416 e. The highest BCUT2D eigenvalue weighted by atomic mass is 19.4. The molecule has 0 aliphatic rings. The molecule has 0 saturated heterocycles. The first-order chi connectivity index (χ1) is 15.2. The number of ether oxygens (including phenoxy) is 1. The lowest BCUT2D eigenvalue weighted by Crippen LogP contribution is -2.04. The number of carboxylic acid groups (broad SMARTS) is 1. The van der Waals surface area contributed by atoms with Gasteiger partial charge in [-0.3, -0.25) is 4.79 Å². The van der Waals surface area contributed by atoms with Crippen LogP contribution in [0.25, 0.3) is 11.3 Å². The Bertz CT molecular complexity index is 1070. The normalized spacial score (nSPS) is 11.5. The molecule has 1 aromatic heterocycles. The van der Waals surface area contributed by atoms with Crippen LogP contribution in [-0.4, -0.2) is 17.7 Å². The summed E-state index contributed by atoms with van der Waals surface area (Å²) in [6, 6.07) is 10.6. The minimum Gasteiger partial charge on any atom is -0.494 e. The van der Waals surface area contributed by atoms with E-state index in [1.54, 1.807) is 0 Å². The number of aryl methyl sites for hydroxylation is 2. The summed E-state index contributed by atoms with van der Waals surface area (Å²) >= 11 is 0. The van der Waals surface area contributed by atoms with E-state index < -0.39 is 29.9 Å². The number of furan rings is 1. The zero-order chi connectivity index (χ0) is 23.3. The number of hydrogen-bond acceptors (Lipinski definition) is 3. The monoisotopic (exact) mass is 450 g/mol. The van der Waals surface area contributed by atoms with E-state index in [2.05, 4.69) is 0 Å². The van der Waals surface area contributed by atoms with E-state index in [-0.39, 0.29) is 5.56 Å². The molecule has 0 bridgehead atoms. The Kier molecular flexibility index (Phi) is 7.22. The van der Waals surface area contributed by atoms with E-state index in [1.807, 2.05) is 13.0 Å². The summed E-state index contributed by atoms with van der Waals surface area (Å²) in [5.74, 6) is -0.0803. The minimum atomic E-state index is -4.39. The maximum absolute atomic E-state index is 13.7. The second-order valence-corrected chi connectivity index (χ2v) is 7.26. The van der Waals surface area contributed by atoms with Crippen LogP contribution in [0.1, 0.15) is 35.8 Å². The van der Waals surface area contributed by atoms with Gasteiger partial charge in [0.2, 0.25) is 0 Å². The summed E-state index contributed by atoms with van der Waals surface area (Å²) in [4.78, 5) is 10.8. The van der Waals surface area contributed by atoms with E-state index >= 15 is 0 Å². The average Bonchev–Trinajstić information content (AvgIpc) is 3.16. The first kappa shape index (κ1) is 23.4. The van der Waals surface area contributed by atoms with Crippen molar-refractivity contribution < 1.29 is 36.6 Å². The van der Waals surface area contributed by atoms with Crippen LogP contribution in [0.4, 0.5) is 17.6 Å². The van der Waals surface area contributed by atoms with Gasteiger partial charge in [0.05, 0.1) is 18.6 Å². The third kappa shape index (κ3) is 5.90. The lowest BCUT2D eigenvalue weighted by Gasteiger charge is -2.08. The van der Waals surface area contributed by atoms with Crippen LogP contribution in [0, 0.1) is 5.82 Å². The van der Waals surface area contributed by atoms with Crippen molar-refractivity contribution in [3.63, 3.8) is 0 Å². The Balaban J connectivity index is 1.61. The van der Waals surface area contributed by atoms with E-state index in [0.717, 1.165) is 23.5 Å². The van der Waals surface area contributed by atoms with E-state index in [0.29, 0.717) is 42.9 Å². The van der Waals surface area contributed by atoms with Gasteiger partial charge in [0, 0.05) is 17.5 Å². The number of benzene rings is 2. The lowest BCUT2D eigenvalue weighted by molar-refractivity contribution is -0.138. The molecule has 1 N–H and O–H groups in total. The summed E-state index contributed by atoms with van der Waals surface area (Å²) in [7, 11) is 0. The maximum atomic E-state index is 13.7. The SMILES string of the molecule is CCc1oc(-c2ccc(C(F)(F)F)cc2)cc1CCCOc1ccc(F)c(CC(=O)O)c1. The van der Waals surface area contributed by atoms with Gasteiger partial charge < -0.3 is 14.3 Å². The molecule has 3 rings (SSSR count). The molecule has 170 valence electrons. The first-order valence-corrected chi connectivity index (χ1v) is 10.1. The van der Waals surface area contributed by atoms with Gasteiger partial charge in [0.15, 0.2) is 0 Å². The van der Waals surface area contributed by atoms with Crippen molar-refractivity contribution in [1.82, 2.24) is 0 Å². The standard InChI is InChI=1S/C24H22F4O4/c1-2-21-16(13-22(32-21)15-5-7-18(8-6-15)24(26,27)28)4-3-11-31-19-9-10-20(25)17(12-19)14-23(29)30/h5-10,12-13H,2-4,11,14H2,1H3,(H,29,30). The topological polar surface area (TPSA) is 59.7 Å². The molecule has 1 heterocycles. The van der Waals surface area contributed by atoms with Crippen molar-refractivity contribution in [2.24, 2.45) is 0 Å². The Hall–Kier alpha value is -3.29. The summed E-state index contributed by atoms with van der Waals surface area (Å²) < 4.78 is 63.4. The van der Waals surface area contributed by atoms with Crippen LogP contribution in [0.15, 0.2) is 52.9 Å². The highest BCUT2D eigenvalue weighted by Crippen LogP contribution is 2.32. The molecule has 0 amide bonds. The lowest BCUT2D eigenvalue weighted by atomic mass is 10.1. The Morgan fingerprint density at radius 3 is 2.41 bits per heavy atom.